The lowest BCUT2D eigenvalue weighted by Crippen LogP contribution is -2.20. The molecule has 0 aliphatic heterocycles. The lowest BCUT2D eigenvalue weighted by Gasteiger charge is -2.08. The van der Waals surface area contributed by atoms with E-state index in [2.05, 4.69) is 10.3 Å². The van der Waals surface area contributed by atoms with E-state index in [0.717, 1.165) is 16.2 Å². The van der Waals surface area contributed by atoms with Gasteiger partial charge in [-0.1, -0.05) is 24.3 Å². The zero-order valence-corrected chi connectivity index (χ0v) is 15.9. The Kier molecular flexibility index (Phi) is 4.90. The molecule has 7 heteroatoms. The second kappa shape index (κ2) is 7.66. The summed E-state index contributed by atoms with van der Waals surface area (Å²) in [5, 5.41) is 4.78. The number of aromatic nitrogens is 2. The molecule has 0 spiro atoms. The van der Waals surface area contributed by atoms with Gasteiger partial charge in [0.25, 0.3) is 5.91 Å². The van der Waals surface area contributed by atoms with Gasteiger partial charge < -0.3 is 10.1 Å². The van der Waals surface area contributed by atoms with E-state index >= 15 is 0 Å². The fraction of sp³-hybridized carbons (Fsp3) is 0.0952. The SMILES string of the molecule is CC(=O)c1cccc(OCC(=O)Nc2ccc(-c3cn4ccsc4n3)cc2)c1. The molecule has 2 aromatic heterocycles. The van der Waals surface area contributed by atoms with Crippen molar-refractivity contribution >= 4 is 33.7 Å². The van der Waals surface area contributed by atoms with E-state index in [1.54, 1.807) is 35.6 Å². The van der Waals surface area contributed by atoms with Crippen LogP contribution in [-0.4, -0.2) is 27.7 Å². The largest absolute Gasteiger partial charge is 0.484 e. The maximum Gasteiger partial charge on any atom is 0.262 e. The van der Waals surface area contributed by atoms with Crippen molar-refractivity contribution in [3.05, 3.63) is 71.9 Å². The van der Waals surface area contributed by atoms with Crippen molar-refractivity contribution < 1.29 is 14.3 Å². The van der Waals surface area contributed by atoms with Crippen molar-refractivity contribution in [1.82, 2.24) is 9.38 Å². The number of hydrogen-bond acceptors (Lipinski definition) is 5. The van der Waals surface area contributed by atoms with E-state index in [1.165, 1.54) is 6.92 Å². The summed E-state index contributed by atoms with van der Waals surface area (Å²) >= 11 is 1.58. The first-order valence-electron chi connectivity index (χ1n) is 8.65. The number of imidazole rings is 1. The number of ether oxygens (including phenoxy) is 1. The first-order valence-corrected chi connectivity index (χ1v) is 9.53. The van der Waals surface area contributed by atoms with Crippen LogP contribution in [0.2, 0.25) is 0 Å². The summed E-state index contributed by atoms with van der Waals surface area (Å²) in [5.74, 6) is 0.161. The van der Waals surface area contributed by atoms with Crippen molar-refractivity contribution in [2.24, 2.45) is 0 Å². The van der Waals surface area contributed by atoms with Crippen LogP contribution in [-0.2, 0) is 4.79 Å². The van der Waals surface area contributed by atoms with Crippen molar-refractivity contribution in [1.29, 1.82) is 0 Å². The molecule has 0 fully saturated rings. The Hall–Kier alpha value is -3.45. The first kappa shape index (κ1) is 17.9. The zero-order valence-electron chi connectivity index (χ0n) is 15.1. The van der Waals surface area contributed by atoms with Gasteiger partial charge in [0.15, 0.2) is 17.4 Å². The van der Waals surface area contributed by atoms with E-state index in [4.69, 9.17) is 4.74 Å². The predicted octanol–water partition coefficient (Wildman–Crippen LogP) is 4.28. The highest BCUT2D eigenvalue weighted by Gasteiger charge is 2.08. The molecule has 0 radical (unpaired) electrons. The molecule has 0 saturated carbocycles. The molecule has 6 nitrogen and oxygen atoms in total. The molecular weight excluding hydrogens is 374 g/mol. The minimum Gasteiger partial charge on any atom is -0.484 e. The maximum atomic E-state index is 12.1. The number of fused-ring (bicyclic) bond motifs is 1. The number of nitrogens with zero attached hydrogens (tertiary/aromatic N) is 2. The van der Waals surface area contributed by atoms with Gasteiger partial charge in [0.05, 0.1) is 5.69 Å². The van der Waals surface area contributed by atoms with Gasteiger partial charge in [-0.3, -0.25) is 14.0 Å². The number of carbonyl (C=O) groups excluding carboxylic acids is 2. The molecule has 2 aromatic carbocycles. The molecule has 4 aromatic rings. The number of carbonyl (C=O) groups is 2. The molecule has 0 aliphatic rings. The van der Waals surface area contributed by atoms with E-state index in [-0.39, 0.29) is 18.3 Å². The third-order valence-corrected chi connectivity index (χ3v) is 4.94. The van der Waals surface area contributed by atoms with Crippen LogP contribution in [0.15, 0.2) is 66.3 Å². The molecule has 0 atom stereocenters. The topological polar surface area (TPSA) is 72.7 Å². The molecule has 28 heavy (non-hydrogen) atoms. The average Bonchev–Trinajstić information content (AvgIpc) is 3.29. The van der Waals surface area contributed by atoms with Gasteiger partial charge in [0.2, 0.25) is 0 Å². The summed E-state index contributed by atoms with van der Waals surface area (Å²) in [7, 11) is 0. The van der Waals surface area contributed by atoms with E-state index < -0.39 is 0 Å². The van der Waals surface area contributed by atoms with E-state index in [0.29, 0.717) is 17.0 Å². The second-order valence-electron chi connectivity index (χ2n) is 6.22. The summed E-state index contributed by atoms with van der Waals surface area (Å²) in [6.07, 6.45) is 3.94. The number of ketones is 1. The summed E-state index contributed by atoms with van der Waals surface area (Å²) in [4.78, 5) is 29.0. The number of benzene rings is 2. The van der Waals surface area contributed by atoms with Crippen molar-refractivity contribution in [2.75, 3.05) is 11.9 Å². The minimum absolute atomic E-state index is 0.0486. The van der Waals surface area contributed by atoms with Gasteiger partial charge in [0, 0.05) is 34.6 Å². The van der Waals surface area contributed by atoms with Gasteiger partial charge in [0.1, 0.15) is 5.75 Å². The summed E-state index contributed by atoms with van der Waals surface area (Å²) in [6, 6.07) is 14.3. The molecule has 0 saturated heterocycles. The molecule has 0 aliphatic carbocycles. The number of anilines is 1. The Bertz CT molecular complexity index is 1120. The Labute approximate surface area is 165 Å². The zero-order chi connectivity index (χ0) is 19.5. The molecule has 1 amide bonds. The number of nitrogens with one attached hydrogen (secondary N) is 1. The second-order valence-corrected chi connectivity index (χ2v) is 7.09. The summed E-state index contributed by atoms with van der Waals surface area (Å²) < 4.78 is 7.45. The van der Waals surface area contributed by atoms with Crippen LogP contribution in [0.5, 0.6) is 5.75 Å². The molecule has 1 N–H and O–H groups in total. The highest BCUT2D eigenvalue weighted by atomic mass is 32.1. The van der Waals surface area contributed by atoms with Crippen LogP contribution < -0.4 is 10.1 Å². The molecule has 0 bridgehead atoms. The minimum atomic E-state index is -0.275. The third kappa shape index (κ3) is 3.94. The monoisotopic (exact) mass is 391 g/mol. The normalized spacial score (nSPS) is 10.8. The first-order chi connectivity index (χ1) is 13.6. The Balaban J connectivity index is 1.36. The molecule has 4 rings (SSSR count). The lowest BCUT2D eigenvalue weighted by atomic mass is 10.1. The predicted molar refractivity (Wildman–Crippen MR) is 109 cm³/mol. The van der Waals surface area contributed by atoms with Gasteiger partial charge in [-0.25, -0.2) is 4.98 Å². The highest BCUT2D eigenvalue weighted by molar-refractivity contribution is 7.15. The van der Waals surface area contributed by atoms with Crippen LogP contribution in [0.4, 0.5) is 5.69 Å². The van der Waals surface area contributed by atoms with Crippen LogP contribution in [0, 0.1) is 0 Å². The van der Waals surface area contributed by atoms with Crippen molar-refractivity contribution in [3.63, 3.8) is 0 Å². The number of rotatable bonds is 6. The summed E-state index contributed by atoms with van der Waals surface area (Å²) in [5.41, 5.74) is 3.09. The Morgan fingerprint density at radius 2 is 2.00 bits per heavy atom. The number of thiazole rings is 1. The number of hydrogen-bond donors (Lipinski definition) is 1. The van der Waals surface area contributed by atoms with E-state index in [1.807, 2.05) is 46.4 Å². The van der Waals surface area contributed by atoms with Crippen LogP contribution in [0.25, 0.3) is 16.2 Å². The number of amides is 1. The van der Waals surface area contributed by atoms with Crippen molar-refractivity contribution in [3.8, 4) is 17.0 Å². The maximum absolute atomic E-state index is 12.1. The highest BCUT2D eigenvalue weighted by Crippen LogP contribution is 2.23. The Morgan fingerprint density at radius 1 is 1.18 bits per heavy atom. The van der Waals surface area contributed by atoms with E-state index in [9.17, 15) is 9.59 Å². The smallest absolute Gasteiger partial charge is 0.262 e. The van der Waals surface area contributed by atoms with Crippen LogP contribution in [0.1, 0.15) is 17.3 Å². The standard InChI is InChI=1S/C21H17N3O3S/c1-14(25)16-3-2-4-18(11-16)27-13-20(26)22-17-7-5-15(6-8-17)19-12-24-9-10-28-21(24)23-19/h2-12H,13H2,1H3,(H,22,26). The van der Waals surface area contributed by atoms with Crippen LogP contribution in [0.3, 0.4) is 0 Å². The van der Waals surface area contributed by atoms with Crippen LogP contribution >= 0.6 is 11.3 Å². The van der Waals surface area contributed by atoms with Gasteiger partial charge in [-0.15, -0.1) is 11.3 Å². The Morgan fingerprint density at radius 3 is 2.75 bits per heavy atom. The molecule has 140 valence electrons. The fourth-order valence-electron chi connectivity index (χ4n) is 2.74. The van der Waals surface area contributed by atoms with Crippen molar-refractivity contribution in [2.45, 2.75) is 6.92 Å². The quantitative estimate of drug-likeness (QED) is 0.498. The van der Waals surface area contributed by atoms with Gasteiger partial charge >= 0.3 is 0 Å². The van der Waals surface area contributed by atoms with Gasteiger partial charge in [-0.2, -0.15) is 0 Å². The summed E-state index contributed by atoms with van der Waals surface area (Å²) in [6.45, 7) is 1.35. The molecule has 0 unspecified atom stereocenters. The fourth-order valence-corrected chi connectivity index (χ4v) is 3.44. The number of Topliss-reactive ketones (excluding diaryl/α,β-unsaturated/α-hetero) is 1. The molecular formula is C21H17N3O3S. The third-order valence-electron chi connectivity index (χ3n) is 4.17. The lowest BCUT2D eigenvalue weighted by molar-refractivity contribution is -0.118. The molecule has 2 heterocycles. The van der Waals surface area contributed by atoms with Gasteiger partial charge in [-0.05, 0) is 31.2 Å². The average molecular weight is 391 g/mol.